The standard InChI is InChI=1S/C11H11N3O3S2/c12-19(16,17)9-3-1-2-8(6-9)7-10(15)14-11-13-4-5-18-11/h1-6H,7H2,(H2,12,16,17)(H,13,14,15). The molecule has 0 aliphatic carbocycles. The summed E-state index contributed by atoms with van der Waals surface area (Å²) >= 11 is 1.31. The molecule has 0 atom stereocenters. The van der Waals surface area contributed by atoms with Gasteiger partial charge in [-0.1, -0.05) is 12.1 Å². The van der Waals surface area contributed by atoms with Gasteiger partial charge in [-0.2, -0.15) is 0 Å². The maximum absolute atomic E-state index is 11.7. The molecule has 1 aromatic carbocycles. The summed E-state index contributed by atoms with van der Waals surface area (Å²) in [5.74, 6) is -0.262. The van der Waals surface area contributed by atoms with Gasteiger partial charge >= 0.3 is 0 Å². The average molecular weight is 297 g/mol. The van der Waals surface area contributed by atoms with Crippen molar-refractivity contribution in [1.29, 1.82) is 0 Å². The van der Waals surface area contributed by atoms with Crippen molar-refractivity contribution in [3.05, 3.63) is 41.4 Å². The molecule has 2 rings (SSSR count). The van der Waals surface area contributed by atoms with Crippen molar-refractivity contribution in [3.8, 4) is 0 Å². The van der Waals surface area contributed by atoms with Crippen LogP contribution in [0.2, 0.25) is 0 Å². The van der Waals surface area contributed by atoms with E-state index >= 15 is 0 Å². The Labute approximate surface area is 114 Å². The minimum atomic E-state index is -3.75. The van der Waals surface area contributed by atoms with Crippen molar-refractivity contribution >= 4 is 32.4 Å². The summed E-state index contributed by atoms with van der Waals surface area (Å²) in [7, 11) is -3.75. The van der Waals surface area contributed by atoms with Crippen molar-refractivity contribution < 1.29 is 13.2 Å². The number of rotatable bonds is 4. The van der Waals surface area contributed by atoms with Gasteiger partial charge in [0.1, 0.15) is 0 Å². The fourth-order valence-corrected chi connectivity index (χ4v) is 2.60. The number of benzene rings is 1. The normalized spacial score (nSPS) is 11.2. The Bertz CT molecular complexity index is 681. The van der Waals surface area contributed by atoms with E-state index < -0.39 is 10.0 Å². The zero-order valence-corrected chi connectivity index (χ0v) is 11.4. The Balaban J connectivity index is 2.09. The zero-order valence-electron chi connectivity index (χ0n) is 9.74. The van der Waals surface area contributed by atoms with Crippen molar-refractivity contribution in [1.82, 2.24) is 4.98 Å². The minimum Gasteiger partial charge on any atom is -0.302 e. The molecule has 3 N–H and O–H groups in total. The molecule has 6 nitrogen and oxygen atoms in total. The van der Waals surface area contributed by atoms with Crippen LogP contribution in [-0.2, 0) is 21.2 Å². The molecule has 0 saturated carbocycles. The summed E-state index contributed by atoms with van der Waals surface area (Å²) in [6.45, 7) is 0. The number of carbonyl (C=O) groups excluding carboxylic acids is 1. The number of nitrogens with two attached hydrogens (primary N) is 1. The van der Waals surface area contributed by atoms with E-state index in [2.05, 4.69) is 10.3 Å². The van der Waals surface area contributed by atoms with E-state index in [4.69, 9.17) is 5.14 Å². The number of thiazole rings is 1. The third-order valence-electron chi connectivity index (χ3n) is 2.27. The van der Waals surface area contributed by atoms with E-state index in [0.717, 1.165) is 0 Å². The molecule has 0 aliphatic rings. The number of nitrogens with one attached hydrogen (secondary N) is 1. The van der Waals surface area contributed by atoms with E-state index in [1.165, 1.54) is 23.5 Å². The van der Waals surface area contributed by atoms with Gasteiger partial charge in [0.05, 0.1) is 11.3 Å². The maximum atomic E-state index is 11.7. The number of nitrogens with zero attached hydrogens (tertiary/aromatic N) is 1. The first kappa shape index (κ1) is 13.7. The topological polar surface area (TPSA) is 102 Å². The van der Waals surface area contributed by atoms with Crippen molar-refractivity contribution in [2.45, 2.75) is 11.3 Å². The van der Waals surface area contributed by atoms with E-state index in [0.29, 0.717) is 10.7 Å². The first-order chi connectivity index (χ1) is 8.95. The monoisotopic (exact) mass is 297 g/mol. The van der Waals surface area contributed by atoms with Crippen LogP contribution in [0.15, 0.2) is 40.7 Å². The number of sulfonamides is 1. The highest BCUT2D eigenvalue weighted by Crippen LogP contribution is 2.13. The van der Waals surface area contributed by atoms with Gasteiger partial charge in [-0.25, -0.2) is 18.5 Å². The van der Waals surface area contributed by atoms with Crippen LogP contribution in [0.5, 0.6) is 0 Å². The number of hydrogen-bond donors (Lipinski definition) is 2. The Morgan fingerprint density at radius 2 is 2.21 bits per heavy atom. The van der Waals surface area contributed by atoms with E-state index in [9.17, 15) is 13.2 Å². The van der Waals surface area contributed by atoms with Crippen LogP contribution in [0.1, 0.15) is 5.56 Å². The van der Waals surface area contributed by atoms with Crippen LogP contribution >= 0.6 is 11.3 Å². The number of primary sulfonamides is 1. The van der Waals surface area contributed by atoms with Gasteiger partial charge in [0.25, 0.3) is 0 Å². The molecule has 0 saturated heterocycles. The maximum Gasteiger partial charge on any atom is 0.238 e. The van der Waals surface area contributed by atoms with Crippen LogP contribution in [0.3, 0.4) is 0 Å². The van der Waals surface area contributed by atoms with Crippen LogP contribution in [0.4, 0.5) is 5.13 Å². The predicted molar refractivity (Wildman–Crippen MR) is 72.3 cm³/mol. The Kier molecular flexibility index (Phi) is 3.93. The molecular weight excluding hydrogens is 286 g/mol. The molecule has 1 amide bonds. The summed E-state index contributed by atoms with van der Waals surface area (Å²) in [5, 5.41) is 9.90. The molecule has 8 heteroatoms. The molecule has 1 aromatic heterocycles. The summed E-state index contributed by atoms with van der Waals surface area (Å²) in [5.41, 5.74) is 0.570. The van der Waals surface area contributed by atoms with Crippen molar-refractivity contribution in [3.63, 3.8) is 0 Å². The number of hydrogen-bond acceptors (Lipinski definition) is 5. The van der Waals surface area contributed by atoms with Crippen LogP contribution in [0.25, 0.3) is 0 Å². The van der Waals surface area contributed by atoms with Crippen molar-refractivity contribution in [2.24, 2.45) is 5.14 Å². The first-order valence-corrected chi connectivity index (χ1v) is 7.69. The molecule has 0 aliphatic heterocycles. The molecule has 0 fully saturated rings. The smallest absolute Gasteiger partial charge is 0.238 e. The van der Waals surface area contributed by atoms with E-state index in [-0.39, 0.29) is 17.2 Å². The lowest BCUT2D eigenvalue weighted by molar-refractivity contribution is -0.115. The molecule has 19 heavy (non-hydrogen) atoms. The third-order valence-corrected chi connectivity index (χ3v) is 3.87. The van der Waals surface area contributed by atoms with Gasteiger partial charge in [-0.15, -0.1) is 11.3 Å². The summed E-state index contributed by atoms with van der Waals surface area (Å²) in [6, 6.07) is 5.98. The summed E-state index contributed by atoms with van der Waals surface area (Å²) < 4.78 is 22.4. The molecule has 0 unspecified atom stereocenters. The average Bonchev–Trinajstić information content (AvgIpc) is 2.80. The van der Waals surface area contributed by atoms with Gasteiger partial charge < -0.3 is 5.32 Å². The number of carbonyl (C=O) groups is 1. The van der Waals surface area contributed by atoms with Crippen LogP contribution < -0.4 is 10.5 Å². The van der Waals surface area contributed by atoms with Crippen LogP contribution in [0, 0.1) is 0 Å². The fraction of sp³-hybridized carbons (Fsp3) is 0.0909. The Morgan fingerprint density at radius 1 is 1.42 bits per heavy atom. The second-order valence-electron chi connectivity index (χ2n) is 3.75. The lowest BCUT2D eigenvalue weighted by Gasteiger charge is -2.04. The van der Waals surface area contributed by atoms with Gasteiger partial charge in [0.2, 0.25) is 15.9 Å². The SMILES string of the molecule is NS(=O)(=O)c1cccc(CC(=O)Nc2nccs2)c1. The molecule has 0 bridgehead atoms. The first-order valence-electron chi connectivity index (χ1n) is 5.26. The highest BCUT2D eigenvalue weighted by atomic mass is 32.2. The zero-order chi connectivity index (χ0) is 13.9. The minimum absolute atomic E-state index is 0.00736. The third kappa shape index (κ3) is 3.85. The molecule has 1 heterocycles. The highest BCUT2D eigenvalue weighted by Gasteiger charge is 2.10. The second-order valence-corrected chi connectivity index (χ2v) is 6.21. The van der Waals surface area contributed by atoms with Gasteiger partial charge in [0, 0.05) is 11.6 Å². The quantitative estimate of drug-likeness (QED) is 0.877. The number of aromatic nitrogens is 1. The van der Waals surface area contributed by atoms with Gasteiger partial charge in [-0.3, -0.25) is 4.79 Å². The largest absolute Gasteiger partial charge is 0.302 e. The molecule has 0 spiro atoms. The number of amides is 1. The Hall–Kier alpha value is -1.77. The predicted octanol–water partition coefficient (Wildman–Crippen LogP) is 0.972. The molecule has 2 aromatic rings. The van der Waals surface area contributed by atoms with Gasteiger partial charge in [0.15, 0.2) is 5.13 Å². The summed E-state index contributed by atoms with van der Waals surface area (Å²) in [4.78, 5) is 15.6. The number of anilines is 1. The van der Waals surface area contributed by atoms with Gasteiger partial charge in [-0.05, 0) is 17.7 Å². The highest BCUT2D eigenvalue weighted by molar-refractivity contribution is 7.89. The van der Waals surface area contributed by atoms with E-state index in [1.54, 1.807) is 23.7 Å². The van der Waals surface area contributed by atoms with Crippen molar-refractivity contribution in [2.75, 3.05) is 5.32 Å². The molecule has 100 valence electrons. The lowest BCUT2D eigenvalue weighted by atomic mass is 10.1. The van der Waals surface area contributed by atoms with Crippen LogP contribution in [-0.4, -0.2) is 19.3 Å². The van der Waals surface area contributed by atoms with E-state index in [1.807, 2.05) is 0 Å². The molecule has 0 radical (unpaired) electrons. The Morgan fingerprint density at radius 3 is 2.84 bits per heavy atom. The summed E-state index contributed by atoms with van der Waals surface area (Å²) in [6.07, 6.45) is 1.64. The fourth-order valence-electron chi connectivity index (χ4n) is 1.47. The lowest BCUT2D eigenvalue weighted by Crippen LogP contribution is -2.15. The molecular formula is C11H11N3O3S2. The second kappa shape index (κ2) is 5.47.